The number of hydrogen-bond acceptors (Lipinski definition) is 4. The van der Waals surface area contributed by atoms with E-state index >= 15 is 0 Å². The summed E-state index contributed by atoms with van der Waals surface area (Å²) in [6.07, 6.45) is 3.69. The van der Waals surface area contributed by atoms with Crippen molar-refractivity contribution in [3.05, 3.63) is 71.9 Å². The van der Waals surface area contributed by atoms with Crippen LogP contribution in [-0.2, 0) is 16.0 Å². The summed E-state index contributed by atoms with van der Waals surface area (Å²) < 4.78 is 11.1. The van der Waals surface area contributed by atoms with Crippen LogP contribution in [0.2, 0.25) is 0 Å². The van der Waals surface area contributed by atoms with Gasteiger partial charge in [0, 0.05) is 29.1 Å². The molecule has 0 saturated heterocycles. The predicted molar refractivity (Wildman–Crippen MR) is 118 cm³/mol. The highest BCUT2D eigenvalue weighted by Gasteiger charge is 2.44. The zero-order valence-corrected chi connectivity index (χ0v) is 17.5. The minimum atomic E-state index is -0.636. The number of aromatic nitrogens is 1. The molecule has 32 heavy (non-hydrogen) atoms. The molecule has 0 bridgehead atoms. The Morgan fingerprint density at radius 2 is 1.94 bits per heavy atom. The Morgan fingerprint density at radius 3 is 2.75 bits per heavy atom. The van der Waals surface area contributed by atoms with Gasteiger partial charge in [0.1, 0.15) is 6.04 Å². The van der Waals surface area contributed by atoms with Crippen molar-refractivity contribution in [3.8, 4) is 11.5 Å². The molecule has 2 atom stereocenters. The summed E-state index contributed by atoms with van der Waals surface area (Å²) in [5, 5.41) is 4.17. The third-order valence-corrected chi connectivity index (χ3v) is 6.50. The normalized spacial score (nSPS) is 21.3. The van der Waals surface area contributed by atoms with Gasteiger partial charge in [-0.1, -0.05) is 30.8 Å². The highest BCUT2D eigenvalue weighted by atomic mass is 16.7. The molecule has 3 aliphatic rings. The van der Waals surface area contributed by atoms with Crippen LogP contribution in [0.25, 0.3) is 10.9 Å². The van der Waals surface area contributed by atoms with Crippen molar-refractivity contribution in [1.29, 1.82) is 0 Å². The molecule has 3 heterocycles. The fourth-order valence-electron chi connectivity index (χ4n) is 4.83. The molecule has 7 nitrogen and oxygen atoms in total. The Hall–Kier alpha value is -3.74. The molecule has 162 valence electrons. The van der Waals surface area contributed by atoms with E-state index in [0.717, 1.165) is 40.6 Å². The van der Waals surface area contributed by atoms with E-state index in [4.69, 9.17) is 9.47 Å². The van der Waals surface area contributed by atoms with Crippen molar-refractivity contribution in [3.63, 3.8) is 0 Å². The molecule has 0 radical (unpaired) electrons. The number of rotatable bonds is 4. The Morgan fingerprint density at radius 1 is 1.12 bits per heavy atom. The summed E-state index contributed by atoms with van der Waals surface area (Å²) in [6.45, 7) is 3.88. The summed E-state index contributed by atoms with van der Waals surface area (Å²) in [5.41, 5.74) is 3.81. The van der Waals surface area contributed by atoms with Crippen molar-refractivity contribution in [2.24, 2.45) is 0 Å². The number of benzene rings is 2. The number of nitrogens with one attached hydrogen (secondary N) is 2. The van der Waals surface area contributed by atoms with E-state index in [0.29, 0.717) is 17.9 Å². The minimum absolute atomic E-state index is 0.121. The van der Waals surface area contributed by atoms with Crippen LogP contribution >= 0.6 is 0 Å². The van der Waals surface area contributed by atoms with Gasteiger partial charge in [0.2, 0.25) is 18.6 Å². The van der Waals surface area contributed by atoms with Crippen LogP contribution in [0.1, 0.15) is 35.7 Å². The van der Waals surface area contributed by atoms with Crippen molar-refractivity contribution in [2.45, 2.75) is 37.4 Å². The first-order valence-electron chi connectivity index (χ1n) is 10.9. The first-order chi connectivity index (χ1) is 15.6. The molecule has 1 aromatic heterocycles. The number of fused-ring (bicyclic) bond motifs is 4. The van der Waals surface area contributed by atoms with Crippen LogP contribution in [0.5, 0.6) is 11.5 Å². The Labute approximate surface area is 185 Å². The lowest BCUT2D eigenvalue weighted by Gasteiger charge is -2.41. The SMILES string of the molecule is C=CC(=O)N1[C@@H](c2ccc3c(c2)OCO3)c2[nH]c3ccccc3c2C[C@@H]1C(=O)NC1CC1. The maximum Gasteiger partial charge on any atom is 0.247 e. The fourth-order valence-corrected chi connectivity index (χ4v) is 4.83. The molecule has 2 N–H and O–H groups in total. The summed E-state index contributed by atoms with van der Waals surface area (Å²) in [4.78, 5) is 31.7. The van der Waals surface area contributed by atoms with Crippen LogP contribution in [0.3, 0.4) is 0 Å². The second-order valence-corrected chi connectivity index (χ2v) is 8.53. The molecule has 3 aromatic rings. The van der Waals surface area contributed by atoms with E-state index in [9.17, 15) is 9.59 Å². The zero-order valence-electron chi connectivity index (χ0n) is 17.5. The zero-order chi connectivity index (χ0) is 21.8. The van der Waals surface area contributed by atoms with Crippen LogP contribution in [0, 0.1) is 0 Å². The molecule has 0 unspecified atom stereocenters. The molecule has 6 rings (SSSR count). The largest absolute Gasteiger partial charge is 0.454 e. The number of H-pyrrole nitrogens is 1. The smallest absolute Gasteiger partial charge is 0.247 e. The number of amides is 2. The van der Waals surface area contributed by atoms with Gasteiger partial charge in [-0.15, -0.1) is 0 Å². The molecular formula is C25H23N3O4. The van der Waals surface area contributed by atoms with Crippen LogP contribution in [-0.4, -0.2) is 40.6 Å². The van der Waals surface area contributed by atoms with Gasteiger partial charge in [-0.2, -0.15) is 0 Å². The number of para-hydroxylation sites is 1. The van der Waals surface area contributed by atoms with Gasteiger partial charge in [-0.3, -0.25) is 9.59 Å². The molecule has 1 aliphatic carbocycles. The maximum absolute atomic E-state index is 13.3. The standard InChI is InChI=1S/C25H23N3O4/c1-2-22(29)28-19(25(30)26-15-8-9-15)12-17-16-5-3-4-6-18(16)27-23(17)24(28)14-7-10-20-21(11-14)32-13-31-20/h2-7,10-11,15,19,24,27H,1,8-9,12-13H2,(H,26,30)/t19-,24+/m1/s1. The molecule has 2 aliphatic heterocycles. The van der Waals surface area contributed by atoms with E-state index in [1.165, 1.54) is 6.08 Å². The highest BCUT2D eigenvalue weighted by Crippen LogP contribution is 2.44. The van der Waals surface area contributed by atoms with Crippen molar-refractivity contribution >= 4 is 22.7 Å². The van der Waals surface area contributed by atoms with Crippen LogP contribution in [0.15, 0.2) is 55.1 Å². The Kier molecular flexibility index (Phi) is 4.24. The number of carbonyl (C=O) groups excluding carboxylic acids is 2. The predicted octanol–water partition coefficient (Wildman–Crippen LogP) is 3.20. The quantitative estimate of drug-likeness (QED) is 0.624. The third kappa shape index (κ3) is 2.96. The van der Waals surface area contributed by atoms with Crippen molar-refractivity contribution < 1.29 is 19.1 Å². The molecule has 2 aromatic carbocycles. The second kappa shape index (κ2) is 7.15. The van der Waals surface area contributed by atoms with Gasteiger partial charge in [0.05, 0.1) is 6.04 Å². The molecular weight excluding hydrogens is 406 g/mol. The first-order valence-corrected chi connectivity index (χ1v) is 10.9. The van der Waals surface area contributed by atoms with Gasteiger partial charge in [-0.25, -0.2) is 0 Å². The average Bonchev–Trinajstić information content (AvgIpc) is 3.37. The van der Waals surface area contributed by atoms with Crippen molar-refractivity contribution in [1.82, 2.24) is 15.2 Å². The summed E-state index contributed by atoms with van der Waals surface area (Å²) >= 11 is 0. The maximum atomic E-state index is 13.3. The summed E-state index contributed by atoms with van der Waals surface area (Å²) in [6, 6.07) is 12.8. The number of aromatic amines is 1. The average molecular weight is 429 g/mol. The lowest BCUT2D eigenvalue weighted by atomic mass is 9.87. The Bertz CT molecular complexity index is 1260. The number of carbonyl (C=O) groups is 2. The van der Waals surface area contributed by atoms with E-state index < -0.39 is 12.1 Å². The lowest BCUT2D eigenvalue weighted by molar-refractivity contribution is -0.139. The fraction of sp³-hybridized carbons (Fsp3) is 0.280. The van der Waals surface area contributed by atoms with E-state index in [1.807, 2.05) is 36.4 Å². The van der Waals surface area contributed by atoms with E-state index in [2.05, 4.69) is 22.9 Å². The van der Waals surface area contributed by atoms with Gasteiger partial charge < -0.3 is 24.7 Å². The topological polar surface area (TPSA) is 83.7 Å². The third-order valence-electron chi connectivity index (χ3n) is 6.50. The molecule has 0 spiro atoms. The molecule has 2 amide bonds. The highest BCUT2D eigenvalue weighted by molar-refractivity contribution is 5.96. The van der Waals surface area contributed by atoms with E-state index in [1.54, 1.807) is 4.90 Å². The summed E-state index contributed by atoms with van der Waals surface area (Å²) in [7, 11) is 0. The number of nitrogens with zero attached hydrogens (tertiary/aromatic N) is 1. The van der Waals surface area contributed by atoms with Crippen LogP contribution < -0.4 is 14.8 Å². The van der Waals surface area contributed by atoms with Crippen molar-refractivity contribution in [2.75, 3.05) is 6.79 Å². The minimum Gasteiger partial charge on any atom is -0.454 e. The van der Waals surface area contributed by atoms with Crippen LogP contribution in [0.4, 0.5) is 0 Å². The van der Waals surface area contributed by atoms with Gasteiger partial charge in [0.25, 0.3) is 0 Å². The van der Waals surface area contributed by atoms with E-state index in [-0.39, 0.29) is 24.6 Å². The number of ether oxygens (including phenoxy) is 2. The lowest BCUT2D eigenvalue weighted by Crippen LogP contribution is -2.54. The van der Waals surface area contributed by atoms with Gasteiger partial charge in [-0.05, 0) is 48.2 Å². The van der Waals surface area contributed by atoms with Gasteiger partial charge in [0.15, 0.2) is 11.5 Å². The Balaban J connectivity index is 1.54. The second-order valence-electron chi connectivity index (χ2n) is 8.53. The summed E-state index contributed by atoms with van der Waals surface area (Å²) in [5.74, 6) is 0.902. The van der Waals surface area contributed by atoms with Gasteiger partial charge >= 0.3 is 0 Å². The monoisotopic (exact) mass is 429 g/mol. The molecule has 1 fully saturated rings. The first kappa shape index (κ1) is 19.0. The molecule has 1 saturated carbocycles. The molecule has 7 heteroatoms. The number of hydrogen-bond donors (Lipinski definition) is 2.